The van der Waals surface area contributed by atoms with Crippen LogP contribution in [0.25, 0.3) is 0 Å². The van der Waals surface area contributed by atoms with Crippen molar-refractivity contribution in [1.29, 1.82) is 0 Å². The molecule has 1 atom stereocenters. The van der Waals surface area contributed by atoms with Crippen LogP contribution in [0.5, 0.6) is 0 Å². The highest BCUT2D eigenvalue weighted by Crippen LogP contribution is 2.20. The van der Waals surface area contributed by atoms with E-state index in [0.717, 1.165) is 0 Å². The van der Waals surface area contributed by atoms with Crippen molar-refractivity contribution < 1.29 is 22.7 Å². The average Bonchev–Trinajstić information content (AvgIpc) is 2.56. The van der Waals surface area contributed by atoms with E-state index in [4.69, 9.17) is 27.2 Å². The lowest BCUT2D eigenvalue weighted by Crippen LogP contribution is -2.30. The predicted octanol–water partition coefficient (Wildman–Crippen LogP) is 1.75. The van der Waals surface area contributed by atoms with Crippen molar-refractivity contribution in [2.75, 3.05) is 11.1 Å². The average molecular weight is 398 g/mol. The van der Waals surface area contributed by atoms with Gasteiger partial charge in [0.25, 0.3) is 5.91 Å². The number of hydrogen-bond donors (Lipinski definition) is 3. The van der Waals surface area contributed by atoms with E-state index < -0.39 is 28.0 Å². The Morgan fingerprint density at radius 2 is 1.77 bits per heavy atom. The first-order valence-electron chi connectivity index (χ1n) is 7.27. The molecule has 2 rings (SSSR count). The second-order valence-electron chi connectivity index (χ2n) is 5.34. The van der Waals surface area contributed by atoms with Crippen LogP contribution < -0.4 is 16.2 Å². The Morgan fingerprint density at radius 3 is 2.31 bits per heavy atom. The third kappa shape index (κ3) is 4.94. The quantitative estimate of drug-likeness (QED) is 0.518. The maximum Gasteiger partial charge on any atom is 0.338 e. The second-order valence-corrected chi connectivity index (χ2v) is 7.31. The van der Waals surface area contributed by atoms with Crippen molar-refractivity contribution in [3.05, 3.63) is 53.1 Å². The minimum atomic E-state index is -3.82. The SMILES string of the molecule is C[C@H](OC(=O)c1ccc(Cl)c(N)c1)C(=O)Nc1ccc(S(N)(=O)=O)cc1. The summed E-state index contributed by atoms with van der Waals surface area (Å²) in [7, 11) is -3.82. The Morgan fingerprint density at radius 1 is 1.15 bits per heavy atom. The largest absolute Gasteiger partial charge is 0.449 e. The number of sulfonamides is 1. The number of nitrogens with two attached hydrogens (primary N) is 2. The molecule has 0 heterocycles. The van der Waals surface area contributed by atoms with Crippen molar-refractivity contribution in [3.8, 4) is 0 Å². The maximum absolute atomic E-state index is 12.1. The summed E-state index contributed by atoms with van der Waals surface area (Å²) in [6, 6.07) is 9.46. The fourth-order valence-electron chi connectivity index (χ4n) is 1.92. The summed E-state index contributed by atoms with van der Waals surface area (Å²) in [5.74, 6) is -1.33. The molecule has 10 heteroatoms. The first kappa shape index (κ1) is 19.7. The number of amides is 1. The van der Waals surface area contributed by atoms with Gasteiger partial charge < -0.3 is 15.8 Å². The summed E-state index contributed by atoms with van der Waals surface area (Å²) in [6.45, 7) is 1.39. The smallest absolute Gasteiger partial charge is 0.338 e. The van der Waals surface area contributed by atoms with Crippen LogP contribution in [0.15, 0.2) is 47.4 Å². The van der Waals surface area contributed by atoms with E-state index in [2.05, 4.69) is 5.32 Å². The van der Waals surface area contributed by atoms with E-state index in [9.17, 15) is 18.0 Å². The number of anilines is 2. The molecular weight excluding hydrogens is 382 g/mol. The van der Waals surface area contributed by atoms with Gasteiger partial charge in [-0.25, -0.2) is 18.4 Å². The Balaban J connectivity index is 2.00. The molecule has 0 aliphatic carbocycles. The lowest BCUT2D eigenvalue weighted by atomic mass is 10.2. The zero-order chi connectivity index (χ0) is 19.5. The first-order chi connectivity index (χ1) is 12.1. The van der Waals surface area contributed by atoms with Crippen molar-refractivity contribution >= 4 is 44.9 Å². The van der Waals surface area contributed by atoms with Gasteiger partial charge in [0.2, 0.25) is 10.0 Å². The maximum atomic E-state index is 12.1. The summed E-state index contributed by atoms with van der Waals surface area (Å²) in [4.78, 5) is 24.1. The molecule has 0 saturated carbocycles. The van der Waals surface area contributed by atoms with Crippen LogP contribution in [0.2, 0.25) is 5.02 Å². The molecule has 0 fully saturated rings. The minimum Gasteiger partial charge on any atom is -0.449 e. The van der Waals surface area contributed by atoms with Crippen LogP contribution >= 0.6 is 11.6 Å². The third-order valence-corrected chi connectivity index (χ3v) is 4.61. The van der Waals surface area contributed by atoms with Gasteiger partial charge in [0.1, 0.15) is 0 Å². The van der Waals surface area contributed by atoms with Gasteiger partial charge in [0.15, 0.2) is 6.10 Å². The Bertz CT molecular complexity index is 945. The molecule has 0 saturated heterocycles. The number of nitrogens with one attached hydrogen (secondary N) is 1. The fourth-order valence-corrected chi connectivity index (χ4v) is 2.56. The van der Waals surface area contributed by atoms with Gasteiger partial charge >= 0.3 is 5.97 Å². The van der Waals surface area contributed by atoms with E-state index in [-0.39, 0.29) is 16.1 Å². The molecule has 1 amide bonds. The monoisotopic (exact) mass is 397 g/mol. The Labute approximate surface area is 155 Å². The number of carbonyl (C=O) groups is 2. The summed E-state index contributed by atoms with van der Waals surface area (Å²) in [5, 5.41) is 7.80. The second kappa shape index (κ2) is 7.73. The Hall–Kier alpha value is -2.62. The molecule has 0 bridgehead atoms. The Kier molecular flexibility index (Phi) is 5.86. The van der Waals surface area contributed by atoms with Crippen LogP contribution in [-0.2, 0) is 19.6 Å². The number of esters is 1. The van der Waals surface area contributed by atoms with Crippen LogP contribution in [0.3, 0.4) is 0 Å². The van der Waals surface area contributed by atoms with Gasteiger partial charge in [-0.2, -0.15) is 0 Å². The molecule has 0 aromatic heterocycles. The van der Waals surface area contributed by atoms with Gasteiger partial charge in [-0.15, -0.1) is 0 Å². The lowest BCUT2D eigenvalue weighted by Gasteiger charge is -2.14. The van der Waals surface area contributed by atoms with Gasteiger partial charge in [-0.3, -0.25) is 4.79 Å². The van der Waals surface area contributed by atoms with Crippen molar-refractivity contribution in [3.63, 3.8) is 0 Å². The molecule has 0 aliphatic heterocycles. The molecule has 0 unspecified atom stereocenters. The number of nitrogen functional groups attached to an aromatic ring is 1. The summed E-state index contributed by atoms with van der Waals surface area (Å²) >= 11 is 5.78. The number of ether oxygens (including phenoxy) is 1. The first-order valence-corrected chi connectivity index (χ1v) is 9.20. The lowest BCUT2D eigenvalue weighted by molar-refractivity contribution is -0.123. The standard InChI is InChI=1S/C16H16ClN3O5S/c1-9(25-16(22)10-2-7-13(17)14(18)8-10)15(21)20-11-3-5-12(6-4-11)26(19,23)24/h2-9H,18H2,1H3,(H,20,21)(H2,19,23,24)/t9-/m0/s1. The zero-order valence-corrected chi connectivity index (χ0v) is 15.2. The number of primary sulfonamides is 1. The van der Waals surface area contributed by atoms with E-state index in [1.165, 1.54) is 49.4 Å². The van der Waals surface area contributed by atoms with Crippen molar-refractivity contribution in [1.82, 2.24) is 0 Å². The molecule has 2 aromatic rings. The molecular formula is C16H16ClN3O5S. The van der Waals surface area contributed by atoms with E-state index in [0.29, 0.717) is 10.7 Å². The molecule has 26 heavy (non-hydrogen) atoms. The number of benzene rings is 2. The molecule has 5 N–H and O–H groups in total. The van der Waals surface area contributed by atoms with Crippen molar-refractivity contribution in [2.45, 2.75) is 17.9 Å². The highest BCUT2D eigenvalue weighted by atomic mass is 35.5. The molecule has 0 radical (unpaired) electrons. The molecule has 0 spiro atoms. The summed E-state index contributed by atoms with van der Waals surface area (Å²) < 4.78 is 27.5. The van der Waals surface area contributed by atoms with Crippen LogP contribution in [0, 0.1) is 0 Å². The number of halogens is 1. The van der Waals surface area contributed by atoms with Crippen LogP contribution in [0.1, 0.15) is 17.3 Å². The molecule has 138 valence electrons. The summed E-state index contributed by atoms with van der Waals surface area (Å²) in [5.41, 5.74) is 6.32. The zero-order valence-electron chi connectivity index (χ0n) is 13.6. The van der Waals surface area contributed by atoms with E-state index >= 15 is 0 Å². The molecule has 2 aromatic carbocycles. The van der Waals surface area contributed by atoms with Crippen molar-refractivity contribution in [2.24, 2.45) is 5.14 Å². The number of rotatable bonds is 5. The number of hydrogen-bond acceptors (Lipinski definition) is 6. The normalized spacial score (nSPS) is 12.3. The highest BCUT2D eigenvalue weighted by molar-refractivity contribution is 7.89. The highest BCUT2D eigenvalue weighted by Gasteiger charge is 2.20. The molecule has 8 nitrogen and oxygen atoms in total. The molecule has 0 aliphatic rings. The summed E-state index contributed by atoms with van der Waals surface area (Å²) in [6.07, 6.45) is -1.10. The minimum absolute atomic E-state index is 0.0877. The number of carbonyl (C=O) groups excluding carboxylic acids is 2. The van der Waals surface area contributed by atoms with Gasteiger partial charge in [-0.1, -0.05) is 11.6 Å². The third-order valence-electron chi connectivity index (χ3n) is 3.34. The fraction of sp³-hybridized carbons (Fsp3) is 0.125. The van der Waals surface area contributed by atoms with Gasteiger partial charge in [-0.05, 0) is 49.4 Å². The predicted molar refractivity (Wildman–Crippen MR) is 97.2 cm³/mol. The van der Waals surface area contributed by atoms with Crippen LogP contribution in [0.4, 0.5) is 11.4 Å². The topological polar surface area (TPSA) is 142 Å². The van der Waals surface area contributed by atoms with Gasteiger partial charge in [0, 0.05) is 5.69 Å². The van der Waals surface area contributed by atoms with Gasteiger partial charge in [0.05, 0.1) is 21.2 Å². The van der Waals surface area contributed by atoms with E-state index in [1.54, 1.807) is 0 Å². The van der Waals surface area contributed by atoms with E-state index in [1.807, 2.05) is 0 Å². The van der Waals surface area contributed by atoms with Crippen LogP contribution in [-0.4, -0.2) is 26.4 Å².